The van der Waals surface area contributed by atoms with Crippen molar-refractivity contribution in [3.63, 3.8) is 0 Å². The van der Waals surface area contributed by atoms with Crippen LogP contribution in [0.5, 0.6) is 0 Å². The molecule has 126 valence electrons. The molecule has 3 rings (SSSR count). The number of amides is 1. The number of aromatic nitrogens is 2. The van der Waals surface area contributed by atoms with E-state index in [-0.39, 0.29) is 12.0 Å². The van der Waals surface area contributed by atoms with Gasteiger partial charge in [0, 0.05) is 49.5 Å². The third-order valence-corrected chi connectivity index (χ3v) is 4.48. The van der Waals surface area contributed by atoms with Crippen LogP contribution in [0.1, 0.15) is 17.7 Å². The highest BCUT2D eigenvalue weighted by molar-refractivity contribution is 6.31. The van der Waals surface area contributed by atoms with Gasteiger partial charge in [-0.25, -0.2) is 0 Å². The maximum atomic E-state index is 12.4. The van der Waals surface area contributed by atoms with Gasteiger partial charge in [0.2, 0.25) is 5.91 Å². The number of nitrogens with zero attached hydrogens (tertiary/aromatic N) is 3. The number of benzene rings is 1. The summed E-state index contributed by atoms with van der Waals surface area (Å²) in [4.78, 5) is 22.5. The summed E-state index contributed by atoms with van der Waals surface area (Å²) in [6.07, 6.45) is 6.73. The summed E-state index contributed by atoms with van der Waals surface area (Å²) >= 11 is 6.21. The van der Waals surface area contributed by atoms with E-state index in [4.69, 9.17) is 16.3 Å². The number of ether oxygens (including phenoxy) is 1. The van der Waals surface area contributed by atoms with Crippen LogP contribution in [0, 0.1) is 0 Å². The molecule has 0 bridgehead atoms. The Hall–Kier alpha value is -1.98. The number of rotatable bonds is 5. The number of hydrogen-bond acceptors (Lipinski definition) is 4. The Morgan fingerprint density at radius 1 is 1.33 bits per heavy atom. The summed E-state index contributed by atoms with van der Waals surface area (Å²) in [6, 6.07) is 7.76. The maximum Gasteiger partial charge on any atom is 0.223 e. The quantitative estimate of drug-likeness (QED) is 0.835. The van der Waals surface area contributed by atoms with E-state index in [0.29, 0.717) is 39.0 Å². The molecule has 1 atom stereocenters. The van der Waals surface area contributed by atoms with Crippen LogP contribution in [0.25, 0.3) is 0 Å². The molecule has 2 heterocycles. The lowest BCUT2D eigenvalue weighted by Gasteiger charge is -2.33. The number of halogens is 1. The van der Waals surface area contributed by atoms with E-state index < -0.39 is 0 Å². The summed E-state index contributed by atoms with van der Waals surface area (Å²) in [7, 11) is 0. The third-order valence-electron chi connectivity index (χ3n) is 4.11. The molecule has 0 saturated carbocycles. The number of hydrogen-bond donors (Lipinski definition) is 0. The highest BCUT2D eigenvalue weighted by Gasteiger charge is 2.24. The molecule has 6 heteroatoms. The average molecular weight is 346 g/mol. The predicted molar refractivity (Wildman–Crippen MR) is 91.8 cm³/mol. The fourth-order valence-corrected chi connectivity index (χ4v) is 3.04. The van der Waals surface area contributed by atoms with Gasteiger partial charge in [0.1, 0.15) is 0 Å². The molecular formula is C18H20ClN3O2. The fraction of sp³-hybridized carbons (Fsp3) is 0.389. The molecular weight excluding hydrogens is 326 g/mol. The monoisotopic (exact) mass is 345 g/mol. The molecule has 1 aromatic carbocycles. The van der Waals surface area contributed by atoms with Crippen molar-refractivity contribution in [2.75, 3.05) is 19.7 Å². The van der Waals surface area contributed by atoms with Gasteiger partial charge in [-0.1, -0.05) is 29.8 Å². The Bertz CT molecular complexity index is 681. The lowest BCUT2D eigenvalue weighted by molar-refractivity contribution is -0.138. The van der Waals surface area contributed by atoms with Gasteiger partial charge < -0.3 is 9.64 Å². The van der Waals surface area contributed by atoms with Gasteiger partial charge in [0.25, 0.3) is 0 Å². The van der Waals surface area contributed by atoms with Crippen molar-refractivity contribution >= 4 is 17.5 Å². The van der Waals surface area contributed by atoms with Crippen molar-refractivity contribution in [2.45, 2.75) is 25.4 Å². The van der Waals surface area contributed by atoms with Gasteiger partial charge >= 0.3 is 0 Å². The number of aryl methyl sites for hydroxylation is 1. The van der Waals surface area contributed by atoms with Gasteiger partial charge in [0.05, 0.1) is 18.4 Å². The minimum absolute atomic E-state index is 0.0147. The first-order valence-corrected chi connectivity index (χ1v) is 8.48. The molecule has 5 nitrogen and oxygen atoms in total. The van der Waals surface area contributed by atoms with Crippen molar-refractivity contribution in [3.05, 3.63) is 59.1 Å². The van der Waals surface area contributed by atoms with Gasteiger partial charge in [-0.15, -0.1) is 0 Å². The van der Waals surface area contributed by atoms with Gasteiger partial charge in [0.15, 0.2) is 0 Å². The van der Waals surface area contributed by atoms with Crippen molar-refractivity contribution in [3.8, 4) is 0 Å². The molecule has 1 amide bonds. The molecule has 0 aliphatic carbocycles. The first-order chi connectivity index (χ1) is 11.7. The van der Waals surface area contributed by atoms with E-state index >= 15 is 0 Å². The second kappa shape index (κ2) is 8.22. The number of carbonyl (C=O) groups excluding carboxylic acids is 1. The van der Waals surface area contributed by atoms with Crippen LogP contribution in [0.4, 0.5) is 0 Å². The van der Waals surface area contributed by atoms with E-state index in [2.05, 4.69) is 9.97 Å². The van der Waals surface area contributed by atoms with E-state index in [1.165, 1.54) is 0 Å². The molecule has 1 aromatic heterocycles. The highest BCUT2D eigenvalue weighted by atomic mass is 35.5. The van der Waals surface area contributed by atoms with Crippen molar-refractivity contribution in [1.29, 1.82) is 0 Å². The van der Waals surface area contributed by atoms with E-state index in [9.17, 15) is 4.79 Å². The molecule has 1 unspecified atom stereocenters. The van der Waals surface area contributed by atoms with Crippen molar-refractivity contribution < 1.29 is 9.53 Å². The van der Waals surface area contributed by atoms with Crippen LogP contribution in [-0.4, -0.2) is 46.6 Å². The molecule has 0 spiro atoms. The summed E-state index contributed by atoms with van der Waals surface area (Å²) in [5.41, 5.74) is 1.89. The van der Waals surface area contributed by atoms with Gasteiger partial charge in [-0.05, 0) is 18.1 Å². The second-order valence-corrected chi connectivity index (χ2v) is 6.23. The lowest BCUT2D eigenvalue weighted by Crippen LogP contribution is -2.46. The van der Waals surface area contributed by atoms with E-state index in [1.807, 2.05) is 29.2 Å². The SMILES string of the molecule is O=C(CCc1cnccn1)N1CCOC(Cc2ccccc2Cl)C1. The number of carbonyl (C=O) groups is 1. The largest absolute Gasteiger partial charge is 0.374 e. The smallest absolute Gasteiger partial charge is 0.223 e. The third kappa shape index (κ3) is 4.52. The highest BCUT2D eigenvalue weighted by Crippen LogP contribution is 2.19. The second-order valence-electron chi connectivity index (χ2n) is 5.82. The topological polar surface area (TPSA) is 55.3 Å². The van der Waals surface area contributed by atoms with Crippen molar-refractivity contribution in [1.82, 2.24) is 14.9 Å². The molecule has 1 saturated heterocycles. The first kappa shape index (κ1) is 16.9. The standard InChI is InChI=1S/C18H20ClN3O2/c19-17-4-2-1-3-14(17)11-16-13-22(9-10-24-16)18(23)6-5-15-12-20-7-8-21-15/h1-4,7-8,12,16H,5-6,9-11,13H2. The lowest BCUT2D eigenvalue weighted by atomic mass is 10.1. The van der Waals surface area contributed by atoms with Crippen molar-refractivity contribution in [2.24, 2.45) is 0 Å². The minimum Gasteiger partial charge on any atom is -0.374 e. The van der Waals surface area contributed by atoms with Gasteiger partial charge in [-0.2, -0.15) is 0 Å². The number of morpholine rings is 1. The Kier molecular flexibility index (Phi) is 5.77. The Balaban J connectivity index is 1.53. The van der Waals surface area contributed by atoms with Crippen LogP contribution in [0.3, 0.4) is 0 Å². The van der Waals surface area contributed by atoms with Crippen LogP contribution in [-0.2, 0) is 22.4 Å². The molecule has 1 aliphatic rings. The van der Waals surface area contributed by atoms with Crippen LogP contribution in [0.2, 0.25) is 5.02 Å². The minimum atomic E-state index is -0.0147. The zero-order chi connectivity index (χ0) is 16.8. The van der Waals surface area contributed by atoms with Crippen LogP contribution in [0.15, 0.2) is 42.9 Å². The Morgan fingerprint density at radius 3 is 3.00 bits per heavy atom. The fourth-order valence-electron chi connectivity index (χ4n) is 2.83. The maximum absolute atomic E-state index is 12.4. The molecule has 1 fully saturated rings. The summed E-state index contributed by atoms with van der Waals surface area (Å²) in [5, 5.41) is 0.743. The summed E-state index contributed by atoms with van der Waals surface area (Å²) in [5.74, 6) is 0.133. The Labute approximate surface area is 146 Å². The zero-order valence-corrected chi connectivity index (χ0v) is 14.2. The molecule has 0 radical (unpaired) electrons. The average Bonchev–Trinajstić information content (AvgIpc) is 2.63. The zero-order valence-electron chi connectivity index (χ0n) is 13.4. The van der Waals surface area contributed by atoms with Crippen LogP contribution < -0.4 is 0 Å². The molecule has 0 N–H and O–H groups in total. The van der Waals surface area contributed by atoms with Crippen LogP contribution >= 0.6 is 11.6 Å². The van der Waals surface area contributed by atoms with Gasteiger partial charge in [-0.3, -0.25) is 14.8 Å². The molecule has 2 aromatic rings. The summed E-state index contributed by atoms with van der Waals surface area (Å²) < 4.78 is 5.81. The predicted octanol–water partition coefficient (Wildman–Crippen LogP) is 2.53. The Morgan fingerprint density at radius 2 is 2.21 bits per heavy atom. The normalized spacial score (nSPS) is 17.7. The molecule has 1 aliphatic heterocycles. The van der Waals surface area contributed by atoms with E-state index in [1.54, 1.807) is 18.6 Å². The van der Waals surface area contributed by atoms with E-state index in [0.717, 1.165) is 16.3 Å². The summed E-state index contributed by atoms with van der Waals surface area (Å²) in [6.45, 7) is 1.80. The first-order valence-electron chi connectivity index (χ1n) is 8.10. The molecule has 24 heavy (non-hydrogen) atoms.